The van der Waals surface area contributed by atoms with Crippen molar-refractivity contribution in [3.05, 3.63) is 23.8 Å². The number of carbonyl (C=O) groups is 1. The van der Waals surface area contributed by atoms with E-state index in [9.17, 15) is 9.90 Å². The molecule has 0 aliphatic rings. The number of carboxylic acid groups (broad SMARTS) is 1. The first kappa shape index (κ1) is 16.9. The lowest BCUT2D eigenvalue weighted by Crippen LogP contribution is -2.31. The Morgan fingerprint density at radius 3 is 2.50 bits per heavy atom. The van der Waals surface area contributed by atoms with Gasteiger partial charge in [-0.05, 0) is 37.1 Å². The molecule has 0 amide bonds. The van der Waals surface area contributed by atoms with E-state index < -0.39 is 5.97 Å². The zero-order chi connectivity index (χ0) is 15.3. The van der Waals surface area contributed by atoms with Crippen molar-refractivity contribution in [2.45, 2.75) is 45.1 Å². The van der Waals surface area contributed by atoms with E-state index in [2.05, 4.69) is 25.7 Å². The van der Waals surface area contributed by atoms with E-state index in [1.165, 1.54) is 0 Å². The van der Waals surface area contributed by atoms with Gasteiger partial charge in [-0.15, -0.1) is 11.8 Å². The SMILES string of the molecule is CCSc1cccc(N(C)C(C)CC(C)C)c1C(=O)O. The first-order valence-corrected chi connectivity index (χ1v) is 8.08. The second-order valence-corrected chi connectivity index (χ2v) is 6.78. The van der Waals surface area contributed by atoms with Crippen molar-refractivity contribution in [3.63, 3.8) is 0 Å². The quantitative estimate of drug-likeness (QED) is 0.758. The van der Waals surface area contributed by atoms with Crippen LogP contribution in [-0.2, 0) is 0 Å². The van der Waals surface area contributed by atoms with Crippen LogP contribution in [0.5, 0.6) is 0 Å². The molecule has 1 aromatic carbocycles. The summed E-state index contributed by atoms with van der Waals surface area (Å²) >= 11 is 1.58. The molecule has 1 rings (SSSR count). The Bertz CT molecular complexity index is 460. The average Bonchev–Trinajstić information content (AvgIpc) is 2.36. The molecular formula is C16H25NO2S. The van der Waals surface area contributed by atoms with Crippen molar-refractivity contribution < 1.29 is 9.90 Å². The van der Waals surface area contributed by atoms with Gasteiger partial charge < -0.3 is 10.0 Å². The summed E-state index contributed by atoms with van der Waals surface area (Å²) < 4.78 is 0. The van der Waals surface area contributed by atoms with Gasteiger partial charge in [0.2, 0.25) is 0 Å². The van der Waals surface area contributed by atoms with E-state index in [4.69, 9.17) is 0 Å². The predicted octanol–water partition coefficient (Wildman–Crippen LogP) is 4.37. The Balaban J connectivity index is 3.16. The highest BCUT2D eigenvalue weighted by molar-refractivity contribution is 7.99. The zero-order valence-electron chi connectivity index (χ0n) is 13.0. The summed E-state index contributed by atoms with van der Waals surface area (Å²) in [7, 11) is 1.98. The number of nitrogens with zero attached hydrogens (tertiary/aromatic N) is 1. The molecule has 20 heavy (non-hydrogen) atoms. The molecule has 0 aromatic heterocycles. The van der Waals surface area contributed by atoms with Gasteiger partial charge in [-0.25, -0.2) is 4.79 Å². The topological polar surface area (TPSA) is 40.5 Å². The Morgan fingerprint density at radius 1 is 1.35 bits per heavy atom. The molecule has 0 aliphatic carbocycles. The first-order valence-electron chi connectivity index (χ1n) is 7.10. The van der Waals surface area contributed by atoms with E-state index in [0.29, 0.717) is 17.5 Å². The van der Waals surface area contributed by atoms with E-state index >= 15 is 0 Å². The summed E-state index contributed by atoms with van der Waals surface area (Å²) in [6, 6.07) is 6.05. The van der Waals surface area contributed by atoms with Crippen LogP contribution in [0.25, 0.3) is 0 Å². The van der Waals surface area contributed by atoms with Crippen LogP contribution < -0.4 is 4.90 Å². The molecule has 1 aromatic rings. The standard InChI is InChI=1S/C16H25NO2S/c1-6-20-14-9-7-8-13(15(14)16(18)19)17(5)12(4)10-11(2)3/h7-9,11-12H,6,10H2,1-5H3,(H,18,19). The van der Waals surface area contributed by atoms with Crippen LogP contribution in [0.15, 0.2) is 23.1 Å². The maximum atomic E-state index is 11.6. The maximum Gasteiger partial charge on any atom is 0.338 e. The van der Waals surface area contributed by atoms with Gasteiger partial charge in [0.05, 0.1) is 11.3 Å². The summed E-state index contributed by atoms with van der Waals surface area (Å²) in [6.45, 7) is 8.55. The maximum absolute atomic E-state index is 11.6. The fourth-order valence-corrected chi connectivity index (χ4v) is 3.20. The van der Waals surface area contributed by atoms with Crippen LogP contribution in [0, 0.1) is 5.92 Å². The molecule has 0 radical (unpaired) electrons. The van der Waals surface area contributed by atoms with Gasteiger partial charge in [-0.1, -0.05) is 26.8 Å². The van der Waals surface area contributed by atoms with Crippen LogP contribution in [-0.4, -0.2) is 29.9 Å². The van der Waals surface area contributed by atoms with Crippen molar-refractivity contribution in [1.82, 2.24) is 0 Å². The van der Waals surface area contributed by atoms with Crippen LogP contribution >= 0.6 is 11.8 Å². The molecule has 1 atom stereocenters. The molecule has 0 saturated carbocycles. The van der Waals surface area contributed by atoms with E-state index in [1.54, 1.807) is 11.8 Å². The van der Waals surface area contributed by atoms with Gasteiger partial charge in [-0.2, -0.15) is 0 Å². The van der Waals surface area contributed by atoms with Crippen LogP contribution in [0.1, 0.15) is 44.5 Å². The minimum Gasteiger partial charge on any atom is -0.478 e. The Kier molecular flexibility index (Phi) is 6.40. The summed E-state index contributed by atoms with van der Waals surface area (Å²) in [4.78, 5) is 14.6. The van der Waals surface area contributed by atoms with Gasteiger partial charge >= 0.3 is 5.97 Å². The van der Waals surface area contributed by atoms with Crippen molar-refractivity contribution in [2.75, 3.05) is 17.7 Å². The third-order valence-electron chi connectivity index (χ3n) is 3.37. The van der Waals surface area contributed by atoms with Crippen molar-refractivity contribution >= 4 is 23.4 Å². The third kappa shape index (κ3) is 4.17. The molecule has 0 spiro atoms. The number of benzene rings is 1. The number of hydrogen-bond donors (Lipinski definition) is 1. The van der Waals surface area contributed by atoms with E-state index in [1.807, 2.05) is 32.2 Å². The highest BCUT2D eigenvalue weighted by Gasteiger charge is 2.21. The largest absolute Gasteiger partial charge is 0.478 e. The molecule has 1 N–H and O–H groups in total. The number of carboxylic acids is 1. The van der Waals surface area contributed by atoms with Crippen molar-refractivity contribution in [3.8, 4) is 0 Å². The molecule has 0 bridgehead atoms. The number of aromatic carboxylic acids is 1. The Labute approximate surface area is 126 Å². The lowest BCUT2D eigenvalue weighted by atomic mass is 10.0. The minimum atomic E-state index is -0.847. The van der Waals surface area contributed by atoms with Crippen LogP contribution in [0.3, 0.4) is 0 Å². The third-order valence-corrected chi connectivity index (χ3v) is 4.31. The number of rotatable bonds is 7. The van der Waals surface area contributed by atoms with E-state index in [0.717, 1.165) is 22.8 Å². The summed E-state index contributed by atoms with van der Waals surface area (Å²) in [5.74, 6) is 0.615. The second kappa shape index (κ2) is 7.58. The lowest BCUT2D eigenvalue weighted by molar-refractivity contribution is 0.0694. The van der Waals surface area contributed by atoms with Gasteiger partial charge in [0, 0.05) is 18.0 Å². The predicted molar refractivity (Wildman–Crippen MR) is 87.1 cm³/mol. The smallest absolute Gasteiger partial charge is 0.338 e. The molecule has 0 saturated heterocycles. The normalized spacial score (nSPS) is 12.5. The van der Waals surface area contributed by atoms with Crippen LogP contribution in [0.2, 0.25) is 0 Å². The van der Waals surface area contributed by atoms with Gasteiger partial charge in [0.1, 0.15) is 0 Å². The highest BCUT2D eigenvalue weighted by atomic mass is 32.2. The minimum absolute atomic E-state index is 0.315. The van der Waals surface area contributed by atoms with Gasteiger partial charge in [-0.3, -0.25) is 0 Å². The zero-order valence-corrected chi connectivity index (χ0v) is 13.8. The fourth-order valence-electron chi connectivity index (χ4n) is 2.38. The molecule has 0 fully saturated rings. The average molecular weight is 295 g/mol. The van der Waals surface area contributed by atoms with Crippen molar-refractivity contribution in [1.29, 1.82) is 0 Å². The first-order chi connectivity index (χ1) is 9.38. The second-order valence-electron chi connectivity index (χ2n) is 5.48. The molecule has 4 heteroatoms. The molecule has 0 aliphatic heterocycles. The Morgan fingerprint density at radius 2 is 2.00 bits per heavy atom. The Hall–Kier alpha value is -1.16. The summed E-state index contributed by atoms with van der Waals surface area (Å²) in [6.07, 6.45) is 1.04. The lowest BCUT2D eigenvalue weighted by Gasteiger charge is -2.30. The highest BCUT2D eigenvalue weighted by Crippen LogP contribution is 2.32. The fraction of sp³-hybridized carbons (Fsp3) is 0.562. The van der Waals surface area contributed by atoms with Crippen molar-refractivity contribution in [2.24, 2.45) is 5.92 Å². The number of anilines is 1. The van der Waals surface area contributed by atoms with Gasteiger partial charge in [0.15, 0.2) is 0 Å². The number of hydrogen-bond acceptors (Lipinski definition) is 3. The summed E-state index contributed by atoms with van der Waals surface area (Å²) in [5, 5.41) is 9.55. The number of thioether (sulfide) groups is 1. The molecule has 1 unspecified atom stereocenters. The molecule has 112 valence electrons. The molecule has 0 heterocycles. The van der Waals surface area contributed by atoms with Crippen LogP contribution in [0.4, 0.5) is 5.69 Å². The molecule has 3 nitrogen and oxygen atoms in total. The summed E-state index contributed by atoms with van der Waals surface area (Å²) in [5.41, 5.74) is 1.24. The molecular weight excluding hydrogens is 270 g/mol. The van der Waals surface area contributed by atoms with E-state index in [-0.39, 0.29) is 0 Å². The van der Waals surface area contributed by atoms with Gasteiger partial charge in [0.25, 0.3) is 0 Å². The monoisotopic (exact) mass is 295 g/mol.